The molecule has 1 aromatic carbocycles. The molecular formula is C14H18FNO2. The van der Waals surface area contributed by atoms with E-state index in [4.69, 9.17) is 0 Å². The number of hydrogen-bond donors (Lipinski definition) is 1. The minimum Gasteiger partial charge on any atom is -0.466 e. The van der Waals surface area contributed by atoms with Crippen molar-refractivity contribution in [1.82, 2.24) is 0 Å². The van der Waals surface area contributed by atoms with Crippen LogP contribution in [0, 0.1) is 12.7 Å². The monoisotopic (exact) mass is 251 g/mol. The smallest absolute Gasteiger partial charge is 0.333 e. The molecule has 0 saturated carbocycles. The topological polar surface area (TPSA) is 38.3 Å². The van der Waals surface area contributed by atoms with Crippen LogP contribution in [0.2, 0.25) is 0 Å². The van der Waals surface area contributed by atoms with Gasteiger partial charge < -0.3 is 10.1 Å². The summed E-state index contributed by atoms with van der Waals surface area (Å²) >= 11 is 0. The first-order chi connectivity index (χ1) is 8.58. The number of anilines is 1. The highest BCUT2D eigenvalue weighted by molar-refractivity contribution is 5.88. The van der Waals surface area contributed by atoms with Crippen molar-refractivity contribution in [3.63, 3.8) is 0 Å². The molecule has 0 aliphatic heterocycles. The van der Waals surface area contributed by atoms with Crippen molar-refractivity contribution in [2.24, 2.45) is 0 Å². The maximum absolute atomic E-state index is 13.4. The van der Waals surface area contributed by atoms with Crippen LogP contribution in [0.3, 0.4) is 0 Å². The average molecular weight is 251 g/mol. The van der Waals surface area contributed by atoms with Crippen molar-refractivity contribution in [3.8, 4) is 0 Å². The van der Waals surface area contributed by atoms with Gasteiger partial charge in [0.1, 0.15) is 5.82 Å². The van der Waals surface area contributed by atoms with Gasteiger partial charge in [0, 0.05) is 12.1 Å². The van der Waals surface area contributed by atoms with Gasteiger partial charge in [-0.05, 0) is 31.0 Å². The summed E-state index contributed by atoms with van der Waals surface area (Å²) in [6.45, 7) is 4.15. The lowest BCUT2D eigenvalue weighted by molar-refractivity contribution is -0.136. The normalized spacial score (nSPS) is 11.2. The molecule has 0 bridgehead atoms. The van der Waals surface area contributed by atoms with E-state index in [1.807, 2.05) is 13.8 Å². The van der Waals surface area contributed by atoms with Gasteiger partial charge in [-0.15, -0.1) is 0 Å². The minimum absolute atomic E-state index is 0.301. The van der Waals surface area contributed by atoms with E-state index in [2.05, 4.69) is 10.1 Å². The van der Waals surface area contributed by atoms with E-state index in [1.54, 1.807) is 18.2 Å². The summed E-state index contributed by atoms with van der Waals surface area (Å²) in [5.74, 6) is -0.644. The Balaban J connectivity index is 2.67. The summed E-state index contributed by atoms with van der Waals surface area (Å²) in [6.07, 6.45) is 2.30. The molecule has 0 aromatic heterocycles. The van der Waals surface area contributed by atoms with Crippen molar-refractivity contribution in [2.45, 2.75) is 20.3 Å². The Hall–Kier alpha value is -1.84. The molecule has 0 saturated heterocycles. The van der Waals surface area contributed by atoms with Crippen LogP contribution in [0.25, 0.3) is 0 Å². The predicted molar refractivity (Wildman–Crippen MR) is 70.0 cm³/mol. The third kappa shape index (κ3) is 3.87. The fourth-order valence-electron chi connectivity index (χ4n) is 1.56. The summed E-state index contributed by atoms with van der Waals surface area (Å²) in [5, 5.41) is 2.94. The molecule has 0 heterocycles. The second-order valence-electron chi connectivity index (χ2n) is 3.94. The van der Waals surface area contributed by atoms with Crippen LogP contribution in [0.1, 0.15) is 18.9 Å². The van der Waals surface area contributed by atoms with Crippen molar-refractivity contribution in [2.75, 3.05) is 19.0 Å². The standard InChI is InChI=1S/C14H18FNO2/c1-4-11(14(17)18-3)7-8-16-13-9-10(2)5-6-12(13)15/h5-7,9,16H,4,8H2,1-3H3/b11-7-. The quantitative estimate of drug-likeness (QED) is 0.645. The van der Waals surface area contributed by atoms with Crippen LogP contribution >= 0.6 is 0 Å². The summed E-state index contributed by atoms with van der Waals surface area (Å²) in [5.41, 5.74) is 2.00. The van der Waals surface area contributed by atoms with E-state index in [1.165, 1.54) is 13.2 Å². The van der Waals surface area contributed by atoms with Crippen molar-refractivity contribution in [1.29, 1.82) is 0 Å². The molecule has 0 atom stereocenters. The van der Waals surface area contributed by atoms with Gasteiger partial charge >= 0.3 is 5.97 Å². The van der Waals surface area contributed by atoms with Gasteiger partial charge in [0.15, 0.2) is 0 Å². The number of carbonyl (C=O) groups excluding carboxylic acids is 1. The molecule has 4 heteroatoms. The Kier molecular flexibility index (Phi) is 5.36. The summed E-state index contributed by atoms with van der Waals surface area (Å²) < 4.78 is 18.1. The number of rotatable bonds is 5. The Morgan fingerprint density at radius 1 is 1.50 bits per heavy atom. The zero-order chi connectivity index (χ0) is 13.5. The van der Waals surface area contributed by atoms with E-state index in [0.29, 0.717) is 24.2 Å². The molecule has 0 unspecified atom stereocenters. The lowest BCUT2D eigenvalue weighted by Gasteiger charge is -2.07. The van der Waals surface area contributed by atoms with E-state index in [0.717, 1.165) is 5.56 Å². The maximum Gasteiger partial charge on any atom is 0.333 e. The number of carbonyl (C=O) groups is 1. The largest absolute Gasteiger partial charge is 0.466 e. The molecule has 0 aliphatic carbocycles. The third-order valence-electron chi connectivity index (χ3n) is 2.59. The SMILES string of the molecule is CC/C(=C/CNc1cc(C)ccc1F)C(=O)OC. The van der Waals surface area contributed by atoms with Crippen LogP contribution in [0.5, 0.6) is 0 Å². The number of methoxy groups -OCH3 is 1. The number of benzene rings is 1. The second kappa shape index (κ2) is 6.79. The number of aryl methyl sites for hydroxylation is 1. The van der Waals surface area contributed by atoms with Gasteiger partial charge in [-0.3, -0.25) is 0 Å². The van der Waals surface area contributed by atoms with Gasteiger partial charge in [-0.25, -0.2) is 9.18 Å². The Morgan fingerprint density at radius 2 is 2.22 bits per heavy atom. The van der Waals surface area contributed by atoms with Crippen molar-refractivity contribution in [3.05, 3.63) is 41.2 Å². The van der Waals surface area contributed by atoms with Crippen LogP contribution in [-0.2, 0) is 9.53 Å². The molecule has 0 radical (unpaired) electrons. The number of esters is 1. The fraction of sp³-hybridized carbons (Fsp3) is 0.357. The lowest BCUT2D eigenvalue weighted by Crippen LogP contribution is -2.08. The molecule has 0 aliphatic rings. The molecule has 3 nitrogen and oxygen atoms in total. The first kappa shape index (κ1) is 14.2. The van der Waals surface area contributed by atoms with Crippen molar-refractivity contribution < 1.29 is 13.9 Å². The fourth-order valence-corrected chi connectivity index (χ4v) is 1.56. The highest BCUT2D eigenvalue weighted by Crippen LogP contribution is 2.15. The minimum atomic E-state index is -0.344. The van der Waals surface area contributed by atoms with Crippen LogP contribution in [-0.4, -0.2) is 19.6 Å². The molecule has 18 heavy (non-hydrogen) atoms. The van der Waals surface area contributed by atoms with Gasteiger partial charge in [-0.2, -0.15) is 0 Å². The molecule has 1 N–H and O–H groups in total. The van der Waals surface area contributed by atoms with E-state index >= 15 is 0 Å². The lowest BCUT2D eigenvalue weighted by atomic mass is 10.2. The third-order valence-corrected chi connectivity index (χ3v) is 2.59. The molecule has 0 amide bonds. The van der Waals surface area contributed by atoms with E-state index in [-0.39, 0.29) is 11.8 Å². The highest BCUT2D eigenvalue weighted by atomic mass is 19.1. The van der Waals surface area contributed by atoms with E-state index in [9.17, 15) is 9.18 Å². The zero-order valence-corrected chi connectivity index (χ0v) is 10.9. The number of ether oxygens (including phenoxy) is 1. The molecule has 1 rings (SSSR count). The first-order valence-corrected chi connectivity index (χ1v) is 5.85. The van der Waals surface area contributed by atoms with E-state index < -0.39 is 0 Å². The van der Waals surface area contributed by atoms with Crippen molar-refractivity contribution >= 4 is 11.7 Å². The first-order valence-electron chi connectivity index (χ1n) is 5.85. The Labute approximate surface area is 107 Å². The van der Waals surface area contributed by atoms with Gasteiger partial charge in [0.25, 0.3) is 0 Å². The van der Waals surface area contributed by atoms with Crippen LogP contribution in [0.4, 0.5) is 10.1 Å². The molecule has 98 valence electrons. The number of nitrogens with one attached hydrogen (secondary N) is 1. The summed E-state index contributed by atoms with van der Waals surface area (Å²) in [7, 11) is 1.35. The van der Waals surface area contributed by atoms with Gasteiger partial charge in [-0.1, -0.05) is 19.1 Å². The molecule has 0 spiro atoms. The predicted octanol–water partition coefficient (Wildman–Crippen LogP) is 3.06. The Morgan fingerprint density at radius 3 is 2.83 bits per heavy atom. The Bertz CT molecular complexity index is 455. The van der Waals surface area contributed by atoms with Crippen LogP contribution < -0.4 is 5.32 Å². The molecule has 1 aromatic rings. The summed E-state index contributed by atoms with van der Waals surface area (Å²) in [6, 6.07) is 4.86. The number of halogens is 1. The zero-order valence-electron chi connectivity index (χ0n) is 10.9. The maximum atomic E-state index is 13.4. The summed E-state index contributed by atoms with van der Waals surface area (Å²) in [4.78, 5) is 11.3. The second-order valence-corrected chi connectivity index (χ2v) is 3.94. The molecule has 0 fully saturated rings. The average Bonchev–Trinajstić information content (AvgIpc) is 2.37. The molecular weight excluding hydrogens is 233 g/mol. The number of hydrogen-bond acceptors (Lipinski definition) is 3. The highest BCUT2D eigenvalue weighted by Gasteiger charge is 2.06. The van der Waals surface area contributed by atoms with Crippen LogP contribution in [0.15, 0.2) is 29.8 Å². The van der Waals surface area contributed by atoms with Gasteiger partial charge in [0.05, 0.1) is 12.8 Å². The van der Waals surface area contributed by atoms with Gasteiger partial charge in [0.2, 0.25) is 0 Å².